The number of amides is 1. The van der Waals surface area contributed by atoms with Crippen molar-refractivity contribution >= 4 is 57.2 Å². The molecule has 4 aromatic carbocycles. The Morgan fingerprint density at radius 1 is 0.838 bits per heavy atom. The number of nitrogens with one attached hydrogen (secondary N) is 1. The van der Waals surface area contributed by atoms with Gasteiger partial charge in [0.25, 0.3) is 5.91 Å². The number of benzene rings is 4. The van der Waals surface area contributed by atoms with Gasteiger partial charge in [-0.1, -0.05) is 51.3 Å². The second-order valence-electron chi connectivity index (χ2n) is 7.72. The maximum Gasteiger partial charge on any atom is 0.343 e. The fourth-order valence-corrected chi connectivity index (χ4v) is 3.76. The summed E-state index contributed by atoms with van der Waals surface area (Å²) < 4.78 is 12.0. The van der Waals surface area contributed by atoms with E-state index in [1.54, 1.807) is 78.9 Å². The van der Waals surface area contributed by atoms with Crippen molar-refractivity contribution < 1.29 is 19.1 Å². The minimum absolute atomic E-state index is 0.281. The second-order valence-corrected chi connectivity index (χ2v) is 9.51. The first-order valence-electron chi connectivity index (χ1n) is 11.0. The molecule has 0 aromatic heterocycles. The third kappa shape index (κ3) is 7.67. The van der Waals surface area contributed by atoms with Gasteiger partial charge in [-0.3, -0.25) is 4.79 Å². The number of hydrazone groups is 1. The smallest absolute Gasteiger partial charge is 0.343 e. The van der Waals surface area contributed by atoms with Crippen LogP contribution in [0, 0.1) is 0 Å². The van der Waals surface area contributed by atoms with Crippen LogP contribution in [0.5, 0.6) is 11.5 Å². The normalized spacial score (nSPS) is 10.8. The average Bonchev–Trinajstić information content (AvgIpc) is 2.90. The van der Waals surface area contributed by atoms with Crippen LogP contribution in [0.1, 0.15) is 31.8 Å². The molecule has 186 valence electrons. The molecule has 0 unspecified atom stereocenters. The first-order valence-corrected chi connectivity index (χ1v) is 12.5. The van der Waals surface area contributed by atoms with Crippen molar-refractivity contribution in [1.29, 1.82) is 0 Å². The van der Waals surface area contributed by atoms with Crippen LogP contribution in [0.2, 0.25) is 10.0 Å². The molecule has 6 nitrogen and oxygen atoms in total. The lowest BCUT2D eigenvalue weighted by molar-refractivity contribution is 0.0734. The minimum Gasteiger partial charge on any atom is -0.489 e. The molecule has 0 fully saturated rings. The summed E-state index contributed by atoms with van der Waals surface area (Å²) in [7, 11) is 0. The Labute approximate surface area is 232 Å². The fraction of sp³-hybridized carbons (Fsp3) is 0.0357. The van der Waals surface area contributed by atoms with E-state index in [0.717, 1.165) is 10.0 Å². The summed E-state index contributed by atoms with van der Waals surface area (Å²) in [5, 5.41) is 5.20. The lowest BCUT2D eigenvalue weighted by Crippen LogP contribution is -2.17. The van der Waals surface area contributed by atoms with Crippen molar-refractivity contribution in [2.24, 2.45) is 5.10 Å². The zero-order chi connectivity index (χ0) is 26.2. The van der Waals surface area contributed by atoms with Crippen molar-refractivity contribution in [3.05, 3.63) is 128 Å². The molecule has 0 radical (unpaired) electrons. The number of carbonyl (C=O) groups is 2. The van der Waals surface area contributed by atoms with E-state index in [-0.39, 0.29) is 5.75 Å². The number of halogens is 3. The number of ether oxygens (including phenoxy) is 2. The number of esters is 1. The zero-order valence-electron chi connectivity index (χ0n) is 19.2. The summed E-state index contributed by atoms with van der Waals surface area (Å²) in [6.45, 7) is 0.380. The van der Waals surface area contributed by atoms with Crippen LogP contribution in [0.15, 0.2) is 101 Å². The maximum absolute atomic E-state index is 12.5. The molecule has 1 amide bonds. The molecule has 0 aliphatic carbocycles. The third-order valence-electron chi connectivity index (χ3n) is 5.06. The SMILES string of the molecule is O=C(N/N=C\c1cc(Br)ccc1OC(=O)c1ccc(Cl)cc1)c1ccc(OCc2ccc(Cl)cc2)cc1. The van der Waals surface area contributed by atoms with Gasteiger partial charge >= 0.3 is 5.97 Å². The summed E-state index contributed by atoms with van der Waals surface area (Å²) in [5.74, 6) is -0.0501. The number of hydrogen-bond donors (Lipinski definition) is 1. The number of hydrogen-bond acceptors (Lipinski definition) is 5. The van der Waals surface area contributed by atoms with Gasteiger partial charge in [0.2, 0.25) is 0 Å². The molecule has 0 aliphatic heterocycles. The fourth-order valence-electron chi connectivity index (χ4n) is 3.13. The van der Waals surface area contributed by atoms with E-state index in [1.165, 1.54) is 6.21 Å². The predicted molar refractivity (Wildman–Crippen MR) is 148 cm³/mol. The first kappa shape index (κ1) is 26.4. The Bertz CT molecular complexity index is 1420. The highest BCUT2D eigenvalue weighted by atomic mass is 79.9. The largest absolute Gasteiger partial charge is 0.489 e. The summed E-state index contributed by atoms with van der Waals surface area (Å²) in [4.78, 5) is 25.0. The summed E-state index contributed by atoms with van der Waals surface area (Å²) in [5.41, 5.74) is 4.70. The first-order chi connectivity index (χ1) is 17.9. The molecule has 0 atom stereocenters. The standard InChI is InChI=1S/C28H19BrCl2N2O4/c29-22-7-14-26(37-28(35)20-3-10-24(31)11-4-20)21(15-22)16-32-33-27(34)19-5-12-25(13-6-19)36-17-18-1-8-23(30)9-2-18/h1-16H,17H2,(H,33,34)/b32-16-. The number of rotatable bonds is 8. The van der Waals surface area contributed by atoms with E-state index in [4.69, 9.17) is 32.7 Å². The molecule has 37 heavy (non-hydrogen) atoms. The summed E-state index contributed by atoms with van der Waals surface area (Å²) in [6, 6.07) is 25.5. The second kappa shape index (κ2) is 12.5. The molecule has 0 aliphatic rings. The van der Waals surface area contributed by atoms with Crippen LogP contribution in [0.3, 0.4) is 0 Å². The topological polar surface area (TPSA) is 77.0 Å². The van der Waals surface area contributed by atoms with Crippen LogP contribution in [0.25, 0.3) is 0 Å². The number of carbonyl (C=O) groups excluding carboxylic acids is 2. The molecule has 1 N–H and O–H groups in total. The van der Waals surface area contributed by atoms with Crippen LogP contribution in [0.4, 0.5) is 0 Å². The molecular weight excluding hydrogens is 579 g/mol. The molecular formula is C28H19BrCl2N2O4. The summed E-state index contributed by atoms with van der Waals surface area (Å²) >= 11 is 15.2. The van der Waals surface area contributed by atoms with E-state index >= 15 is 0 Å². The Morgan fingerprint density at radius 2 is 1.46 bits per heavy atom. The molecule has 0 saturated carbocycles. The molecule has 0 saturated heterocycles. The highest BCUT2D eigenvalue weighted by Gasteiger charge is 2.12. The van der Waals surface area contributed by atoms with Crippen LogP contribution in [-0.2, 0) is 6.61 Å². The summed E-state index contributed by atoms with van der Waals surface area (Å²) in [6.07, 6.45) is 1.40. The van der Waals surface area contributed by atoms with Gasteiger partial charge in [0.15, 0.2) is 0 Å². The Balaban J connectivity index is 1.36. The van der Waals surface area contributed by atoms with Crippen LogP contribution >= 0.6 is 39.1 Å². The van der Waals surface area contributed by atoms with Crippen molar-refractivity contribution in [2.45, 2.75) is 6.61 Å². The Morgan fingerprint density at radius 3 is 2.14 bits per heavy atom. The van der Waals surface area contributed by atoms with Crippen molar-refractivity contribution in [1.82, 2.24) is 5.43 Å². The van der Waals surface area contributed by atoms with Gasteiger partial charge in [0, 0.05) is 25.6 Å². The lowest BCUT2D eigenvalue weighted by Gasteiger charge is -2.08. The van der Waals surface area contributed by atoms with Crippen molar-refractivity contribution in [2.75, 3.05) is 0 Å². The van der Waals surface area contributed by atoms with E-state index in [2.05, 4.69) is 26.5 Å². The van der Waals surface area contributed by atoms with E-state index in [0.29, 0.717) is 39.1 Å². The molecule has 0 spiro atoms. The van der Waals surface area contributed by atoms with E-state index < -0.39 is 11.9 Å². The van der Waals surface area contributed by atoms with Gasteiger partial charge in [0.05, 0.1) is 11.8 Å². The van der Waals surface area contributed by atoms with Gasteiger partial charge in [-0.15, -0.1) is 0 Å². The maximum atomic E-state index is 12.5. The van der Waals surface area contributed by atoms with Crippen molar-refractivity contribution in [3.8, 4) is 11.5 Å². The molecule has 9 heteroatoms. The molecule has 0 heterocycles. The molecule has 4 rings (SSSR count). The molecule has 0 bridgehead atoms. The Kier molecular flexibility index (Phi) is 8.95. The molecule has 4 aromatic rings. The third-order valence-corrected chi connectivity index (χ3v) is 6.06. The van der Waals surface area contributed by atoms with Gasteiger partial charge in [-0.2, -0.15) is 5.10 Å². The van der Waals surface area contributed by atoms with Gasteiger partial charge in [-0.05, 0) is 84.4 Å². The van der Waals surface area contributed by atoms with Crippen LogP contribution < -0.4 is 14.9 Å². The number of nitrogens with zero attached hydrogens (tertiary/aromatic N) is 1. The average molecular weight is 598 g/mol. The van der Waals surface area contributed by atoms with E-state index in [9.17, 15) is 9.59 Å². The van der Waals surface area contributed by atoms with E-state index in [1.807, 2.05) is 12.1 Å². The van der Waals surface area contributed by atoms with Gasteiger partial charge in [0.1, 0.15) is 18.1 Å². The van der Waals surface area contributed by atoms with Gasteiger partial charge < -0.3 is 9.47 Å². The zero-order valence-corrected chi connectivity index (χ0v) is 22.3. The highest BCUT2D eigenvalue weighted by molar-refractivity contribution is 9.10. The van der Waals surface area contributed by atoms with Gasteiger partial charge in [-0.25, -0.2) is 10.2 Å². The monoisotopic (exact) mass is 596 g/mol. The van der Waals surface area contributed by atoms with Crippen molar-refractivity contribution in [3.63, 3.8) is 0 Å². The lowest BCUT2D eigenvalue weighted by atomic mass is 10.2. The Hall–Kier alpha value is -3.65. The van der Waals surface area contributed by atoms with Crippen LogP contribution in [-0.4, -0.2) is 18.1 Å². The quantitative estimate of drug-likeness (QED) is 0.0999. The predicted octanol–water partition coefficient (Wildman–Crippen LogP) is 7.32. The minimum atomic E-state index is -0.545. The highest BCUT2D eigenvalue weighted by Crippen LogP contribution is 2.23.